The van der Waals surface area contributed by atoms with Crippen molar-refractivity contribution in [1.29, 1.82) is 0 Å². The first kappa shape index (κ1) is 23.8. The fourth-order valence-corrected chi connectivity index (χ4v) is 6.73. The summed E-state index contributed by atoms with van der Waals surface area (Å²) < 4.78 is 18.3. The first-order chi connectivity index (χ1) is 17.1. The lowest BCUT2D eigenvalue weighted by molar-refractivity contribution is -0.956. The number of hydrogen-bond donors (Lipinski definition) is 1. The number of ether oxygens (including phenoxy) is 3. The smallest absolute Gasteiger partial charge is 0.458 e. The van der Waals surface area contributed by atoms with Crippen LogP contribution in [0.15, 0.2) is 60.7 Å². The zero-order chi connectivity index (χ0) is 24.3. The molecule has 2 bridgehead atoms. The molecule has 0 aromatic heterocycles. The van der Waals surface area contributed by atoms with Gasteiger partial charge >= 0.3 is 12.1 Å². The first-order valence-electron chi connectivity index (χ1n) is 12.7. The first-order valence-corrected chi connectivity index (χ1v) is 12.7. The maximum Gasteiger partial charge on any atom is 0.510 e. The van der Waals surface area contributed by atoms with Gasteiger partial charge in [0.2, 0.25) is 0 Å². The van der Waals surface area contributed by atoms with Crippen molar-refractivity contribution < 1.29 is 33.4 Å². The summed E-state index contributed by atoms with van der Waals surface area (Å²) in [5.74, 6) is -0.616. The summed E-state index contributed by atoms with van der Waals surface area (Å²) in [5.41, 5.74) is -0.844. The van der Waals surface area contributed by atoms with E-state index >= 15 is 0 Å². The lowest BCUT2D eigenvalue weighted by Crippen LogP contribution is -2.60. The van der Waals surface area contributed by atoms with Crippen molar-refractivity contribution in [3.05, 3.63) is 71.8 Å². The van der Waals surface area contributed by atoms with Crippen molar-refractivity contribution in [2.75, 3.05) is 26.3 Å². The summed E-state index contributed by atoms with van der Waals surface area (Å²) in [6.07, 6.45) is 5.38. The Morgan fingerprint density at radius 3 is 1.94 bits per heavy atom. The van der Waals surface area contributed by atoms with E-state index in [1.165, 1.54) is 43.3 Å². The van der Waals surface area contributed by atoms with Crippen molar-refractivity contribution in [3.8, 4) is 0 Å². The minimum atomic E-state index is -1.81. The quantitative estimate of drug-likeness (QED) is 0.478. The molecule has 0 radical (unpaired) electrons. The number of esters is 1. The number of aliphatic hydroxyl groups excluding tert-OH is 1. The third-order valence-corrected chi connectivity index (χ3v) is 8.23. The number of nitrogens with zero attached hydrogens (tertiary/aromatic N) is 1. The van der Waals surface area contributed by atoms with Crippen LogP contribution in [0.1, 0.15) is 49.7 Å². The molecule has 0 aliphatic carbocycles. The number of rotatable bonds is 7. The highest BCUT2D eigenvalue weighted by molar-refractivity contribution is 5.88. The third-order valence-electron chi connectivity index (χ3n) is 8.23. The molecule has 35 heavy (non-hydrogen) atoms. The van der Waals surface area contributed by atoms with Gasteiger partial charge in [-0.25, -0.2) is 9.59 Å². The molecule has 3 fully saturated rings. The highest BCUT2D eigenvalue weighted by Crippen LogP contribution is 2.47. The number of hydrogen-bond acceptors (Lipinski definition) is 6. The van der Waals surface area contributed by atoms with Crippen LogP contribution in [-0.4, -0.2) is 66.2 Å². The summed E-state index contributed by atoms with van der Waals surface area (Å²) in [7, 11) is 0. The molecule has 1 spiro atoms. The molecular formula is C28H34NO6+. The Bertz CT molecular complexity index is 965. The molecule has 2 aromatic carbocycles. The second-order valence-electron chi connectivity index (χ2n) is 9.98. The number of aliphatic hydroxyl groups is 1. The van der Waals surface area contributed by atoms with Gasteiger partial charge in [-0.2, -0.15) is 0 Å². The van der Waals surface area contributed by atoms with E-state index in [0.717, 1.165) is 12.8 Å². The lowest BCUT2D eigenvalue weighted by Gasteiger charge is -2.47. The Morgan fingerprint density at radius 1 is 0.886 bits per heavy atom. The van der Waals surface area contributed by atoms with E-state index in [0.29, 0.717) is 23.2 Å². The molecule has 2 aromatic rings. The van der Waals surface area contributed by atoms with Gasteiger partial charge in [0.05, 0.1) is 31.8 Å². The normalized spacial score (nSPS) is 24.8. The van der Waals surface area contributed by atoms with E-state index in [1.54, 1.807) is 48.5 Å². The molecule has 0 amide bonds. The molecular weight excluding hydrogens is 446 g/mol. The summed E-state index contributed by atoms with van der Waals surface area (Å²) >= 11 is 0. The van der Waals surface area contributed by atoms with Gasteiger partial charge in [0, 0.05) is 49.7 Å². The molecule has 186 valence electrons. The summed E-state index contributed by atoms with van der Waals surface area (Å²) in [4.78, 5) is 26.8. The van der Waals surface area contributed by atoms with Gasteiger partial charge in [-0.1, -0.05) is 60.7 Å². The maximum atomic E-state index is 14.1. The molecule has 1 N–H and O–H groups in total. The zero-order valence-electron chi connectivity index (χ0n) is 20.0. The van der Waals surface area contributed by atoms with Gasteiger partial charge < -0.3 is 23.8 Å². The van der Waals surface area contributed by atoms with Crippen LogP contribution < -0.4 is 0 Å². The number of quaternary nitrogens is 1. The van der Waals surface area contributed by atoms with Gasteiger partial charge in [0.15, 0.2) is 0 Å². The van der Waals surface area contributed by atoms with Gasteiger partial charge in [0.25, 0.3) is 5.60 Å². The average Bonchev–Trinajstić information content (AvgIpc) is 3.43. The number of carbonyl (C=O) groups is 2. The van der Waals surface area contributed by atoms with Crippen LogP contribution in [0.4, 0.5) is 4.79 Å². The van der Waals surface area contributed by atoms with Gasteiger partial charge in [0.1, 0.15) is 12.7 Å². The zero-order valence-corrected chi connectivity index (χ0v) is 20.0. The fourth-order valence-electron chi connectivity index (χ4n) is 6.73. The van der Waals surface area contributed by atoms with Crippen LogP contribution in [0.5, 0.6) is 0 Å². The Hall–Kier alpha value is -2.90. The Balaban J connectivity index is 1.46. The van der Waals surface area contributed by atoms with Crippen molar-refractivity contribution in [3.63, 3.8) is 0 Å². The number of carbonyl (C=O) groups excluding carboxylic acids is 2. The molecule has 3 heterocycles. The van der Waals surface area contributed by atoms with Crippen LogP contribution in [0.2, 0.25) is 0 Å². The monoisotopic (exact) mass is 480 g/mol. The van der Waals surface area contributed by atoms with Crippen molar-refractivity contribution in [2.24, 2.45) is 0 Å². The maximum absolute atomic E-state index is 14.1. The van der Waals surface area contributed by atoms with Crippen LogP contribution in [0.3, 0.4) is 0 Å². The summed E-state index contributed by atoms with van der Waals surface area (Å²) in [5, 5.41) is 9.09. The molecule has 7 nitrogen and oxygen atoms in total. The highest BCUT2D eigenvalue weighted by atomic mass is 16.7. The molecule has 2 atom stereocenters. The van der Waals surface area contributed by atoms with Gasteiger partial charge in [-0.15, -0.1) is 0 Å². The Labute approximate surface area is 206 Å². The third kappa shape index (κ3) is 4.32. The van der Waals surface area contributed by atoms with E-state index in [-0.39, 0.29) is 19.3 Å². The SMILES string of the molecule is O=C(OCCO)OC(C(=O)OC1CC2CCC(C1)[N+]21CCCC1)(c1ccccc1)c1ccccc1. The predicted molar refractivity (Wildman–Crippen MR) is 128 cm³/mol. The van der Waals surface area contributed by atoms with Crippen LogP contribution in [0, 0.1) is 0 Å². The van der Waals surface area contributed by atoms with E-state index in [4.69, 9.17) is 19.3 Å². The van der Waals surface area contributed by atoms with Crippen molar-refractivity contribution in [2.45, 2.75) is 62.3 Å². The van der Waals surface area contributed by atoms with Crippen LogP contribution >= 0.6 is 0 Å². The summed E-state index contributed by atoms with van der Waals surface area (Å²) in [6, 6.07) is 18.9. The largest absolute Gasteiger partial charge is 0.510 e. The molecule has 5 rings (SSSR count). The summed E-state index contributed by atoms with van der Waals surface area (Å²) in [6.45, 7) is 1.93. The highest BCUT2D eigenvalue weighted by Gasteiger charge is 2.57. The molecule has 3 aliphatic heterocycles. The average molecular weight is 481 g/mol. The van der Waals surface area contributed by atoms with Crippen molar-refractivity contribution >= 4 is 12.1 Å². The number of benzene rings is 2. The fraction of sp³-hybridized carbons (Fsp3) is 0.500. The van der Waals surface area contributed by atoms with Gasteiger partial charge in [-0.3, -0.25) is 0 Å². The van der Waals surface area contributed by atoms with E-state index < -0.39 is 17.7 Å². The molecule has 0 saturated carbocycles. The second-order valence-corrected chi connectivity index (χ2v) is 9.98. The van der Waals surface area contributed by atoms with Gasteiger partial charge in [-0.05, 0) is 0 Å². The minimum Gasteiger partial charge on any atom is -0.458 e. The minimum absolute atomic E-state index is 0.215. The second kappa shape index (κ2) is 9.99. The standard InChI is InChI=1S/C28H34NO6/c30-17-18-33-27(32)35-28(21-9-3-1-4-10-21,22-11-5-2-6-12-22)26(31)34-25-19-23-13-14-24(20-25)29(23)15-7-8-16-29/h1-6,9-12,23-25,30H,7-8,13-20H2/q+1. The predicted octanol–water partition coefficient (Wildman–Crippen LogP) is 3.92. The van der Waals surface area contributed by atoms with E-state index in [9.17, 15) is 9.59 Å². The van der Waals surface area contributed by atoms with E-state index in [1.807, 2.05) is 12.1 Å². The molecule has 7 heteroatoms. The number of piperidine rings is 1. The molecule has 3 aliphatic rings. The Morgan fingerprint density at radius 2 is 1.43 bits per heavy atom. The van der Waals surface area contributed by atoms with Crippen LogP contribution in [0.25, 0.3) is 0 Å². The molecule has 2 unspecified atom stereocenters. The van der Waals surface area contributed by atoms with Crippen molar-refractivity contribution in [1.82, 2.24) is 0 Å². The molecule has 3 saturated heterocycles. The topological polar surface area (TPSA) is 82.1 Å². The Kier molecular flexibility index (Phi) is 6.80. The lowest BCUT2D eigenvalue weighted by atomic mass is 9.85. The van der Waals surface area contributed by atoms with Crippen LogP contribution in [-0.2, 0) is 24.6 Å². The van der Waals surface area contributed by atoms with E-state index in [2.05, 4.69) is 0 Å².